The SMILES string of the molecule is CN=C(c1nc(B2OC(C)(C)C(C)(C)O2)ccc1N)C(C)C. The van der Waals surface area contributed by atoms with Crippen LogP contribution in [0.1, 0.15) is 47.2 Å². The number of aliphatic imine (C=N–C) groups is 1. The predicted octanol–water partition coefficient (Wildman–Crippen LogP) is 2.04. The van der Waals surface area contributed by atoms with Crippen molar-refractivity contribution < 1.29 is 9.31 Å². The first-order valence-corrected chi connectivity index (χ1v) is 7.68. The molecule has 0 amide bonds. The van der Waals surface area contributed by atoms with E-state index in [1.165, 1.54) is 0 Å². The van der Waals surface area contributed by atoms with Crippen molar-refractivity contribution in [3.8, 4) is 0 Å². The molecular weight excluding hydrogens is 277 g/mol. The van der Waals surface area contributed by atoms with E-state index < -0.39 is 7.12 Å². The third kappa shape index (κ3) is 2.90. The summed E-state index contributed by atoms with van der Waals surface area (Å²) in [6.45, 7) is 12.3. The first-order valence-electron chi connectivity index (χ1n) is 7.68. The fraction of sp³-hybridized carbons (Fsp3) is 0.625. The molecule has 2 rings (SSSR count). The molecule has 0 unspecified atom stereocenters. The van der Waals surface area contributed by atoms with Gasteiger partial charge in [-0.1, -0.05) is 13.8 Å². The Morgan fingerprint density at radius 2 is 1.73 bits per heavy atom. The molecule has 0 spiro atoms. The van der Waals surface area contributed by atoms with Crippen LogP contribution in [0.5, 0.6) is 0 Å². The Morgan fingerprint density at radius 1 is 1.18 bits per heavy atom. The number of rotatable bonds is 3. The number of nitrogen functional groups attached to an aromatic ring is 1. The molecule has 1 aromatic heterocycles. The third-order valence-electron chi connectivity index (χ3n) is 4.47. The summed E-state index contributed by atoms with van der Waals surface area (Å²) in [5, 5.41) is 0. The number of hydrogen-bond acceptors (Lipinski definition) is 5. The van der Waals surface area contributed by atoms with Gasteiger partial charge in [0.2, 0.25) is 0 Å². The molecule has 0 radical (unpaired) electrons. The van der Waals surface area contributed by atoms with Crippen molar-refractivity contribution >= 4 is 24.1 Å². The first kappa shape index (κ1) is 17.0. The molecule has 22 heavy (non-hydrogen) atoms. The third-order valence-corrected chi connectivity index (χ3v) is 4.47. The Morgan fingerprint density at radius 3 is 2.18 bits per heavy atom. The van der Waals surface area contributed by atoms with Crippen LogP contribution < -0.4 is 11.3 Å². The van der Waals surface area contributed by atoms with Crippen molar-refractivity contribution in [1.29, 1.82) is 0 Å². The second-order valence-corrected chi connectivity index (χ2v) is 7.03. The molecular formula is C16H26BN3O2. The van der Waals surface area contributed by atoms with Gasteiger partial charge < -0.3 is 15.0 Å². The van der Waals surface area contributed by atoms with E-state index in [-0.39, 0.29) is 17.1 Å². The normalized spacial score (nSPS) is 20.7. The van der Waals surface area contributed by atoms with Gasteiger partial charge in [-0.2, -0.15) is 0 Å². The van der Waals surface area contributed by atoms with Crippen LogP contribution in [0, 0.1) is 5.92 Å². The van der Waals surface area contributed by atoms with Gasteiger partial charge in [-0.25, -0.2) is 0 Å². The zero-order valence-electron chi connectivity index (χ0n) is 14.6. The van der Waals surface area contributed by atoms with E-state index in [1.807, 2.05) is 39.8 Å². The lowest BCUT2D eigenvalue weighted by Gasteiger charge is -2.32. The average Bonchev–Trinajstić information content (AvgIpc) is 2.61. The summed E-state index contributed by atoms with van der Waals surface area (Å²) in [6.07, 6.45) is 0. The molecule has 1 aromatic rings. The molecule has 0 aliphatic carbocycles. The molecule has 1 aliphatic rings. The number of hydrogen-bond donors (Lipinski definition) is 1. The summed E-state index contributed by atoms with van der Waals surface area (Å²) in [4.78, 5) is 9.01. The molecule has 0 bridgehead atoms. The highest BCUT2D eigenvalue weighted by molar-refractivity contribution is 6.61. The molecule has 0 aromatic carbocycles. The van der Waals surface area contributed by atoms with Crippen LogP contribution in [-0.4, -0.2) is 36.1 Å². The van der Waals surface area contributed by atoms with Crippen molar-refractivity contribution in [2.45, 2.75) is 52.7 Å². The summed E-state index contributed by atoms with van der Waals surface area (Å²) in [5.41, 5.74) is 8.25. The number of nitrogens with two attached hydrogens (primary N) is 1. The van der Waals surface area contributed by atoms with E-state index in [2.05, 4.69) is 23.8 Å². The van der Waals surface area contributed by atoms with Crippen LogP contribution in [0.3, 0.4) is 0 Å². The maximum Gasteiger partial charge on any atom is 0.514 e. The van der Waals surface area contributed by atoms with E-state index in [0.717, 1.165) is 11.3 Å². The van der Waals surface area contributed by atoms with Gasteiger partial charge in [0.05, 0.1) is 28.2 Å². The van der Waals surface area contributed by atoms with Crippen molar-refractivity contribution in [2.24, 2.45) is 10.9 Å². The molecule has 6 heteroatoms. The van der Waals surface area contributed by atoms with Gasteiger partial charge >= 0.3 is 7.12 Å². The van der Waals surface area contributed by atoms with Crippen molar-refractivity contribution in [2.75, 3.05) is 12.8 Å². The average molecular weight is 303 g/mol. The predicted molar refractivity (Wildman–Crippen MR) is 91.7 cm³/mol. The highest BCUT2D eigenvalue weighted by atomic mass is 16.7. The van der Waals surface area contributed by atoms with Gasteiger partial charge in [0.25, 0.3) is 0 Å². The Balaban J connectivity index is 2.40. The minimum absolute atomic E-state index is 0.244. The molecule has 2 N–H and O–H groups in total. The van der Waals surface area contributed by atoms with Crippen LogP contribution in [0.25, 0.3) is 0 Å². The lowest BCUT2D eigenvalue weighted by Crippen LogP contribution is -2.41. The summed E-state index contributed by atoms with van der Waals surface area (Å²) in [6, 6.07) is 3.70. The molecule has 5 nitrogen and oxygen atoms in total. The van der Waals surface area contributed by atoms with Crippen molar-refractivity contribution in [3.63, 3.8) is 0 Å². The Kier molecular flexibility index (Phi) is 4.37. The second-order valence-electron chi connectivity index (χ2n) is 7.03. The smallest absolute Gasteiger partial charge is 0.398 e. The summed E-state index contributed by atoms with van der Waals surface area (Å²) >= 11 is 0. The van der Waals surface area contributed by atoms with E-state index in [9.17, 15) is 0 Å². The molecule has 1 fully saturated rings. The monoisotopic (exact) mass is 303 g/mol. The molecule has 0 saturated carbocycles. The van der Waals surface area contributed by atoms with Crippen molar-refractivity contribution in [1.82, 2.24) is 4.98 Å². The quantitative estimate of drug-likeness (QED) is 0.685. The topological polar surface area (TPSA) is 69.7 Å². The van der Waals surface area contributed by atoms with Gasteiger partial charge in [0.15, 0.2) is 0 Å². The fourth-order valence-electron chi connectivity index (χ4n) is 2.42. The number of aromatic nitrogens is 1. The highest BCUT2D eigenvalue weighted by Gasteiger charge is 2.52. The maximum absolute atomic E-state index is 6.08. The summed E-state index contributed by atoms with van der Waals surface area (Å²) < 4.78 is 12.1. The Bertz CT molecular complexity index is 581. The number of nitrogens with zero attached hydrogens (tertiary/aromatic N) is 2. The van der Waals surface area contributed by atoms with Gasteiger partial charge in [-0.3, -0.25) is 9.98 Å². The number of pyridine rings is 1. The van der Waals surface area contributed by atoms with Crippen LogP contribution in [0.4, 0.5) is 5.69 Å². The molecule has 1 aliphatic heterocycles. The molecule has 120 valence electrons. The maximum atomic E-state index is 6.08. The van der Waals surface area contributed by atoms with E-state index in [1.54, 1.807) is 7.05 Å². The summed E-state index contributed by atoms with van der Waals surface area (Å²) in [5.74, 6) is 0.244. The zero-order chi connectivity index (χ0) is 16.7. The Labute approximate surface area is 133 Å². The zero-order valence-corrected chi connectivity index (χ0v) is 14.6. The van der Waals surface area contributed by atoms with Gasteiger partial charge in [0.1, 0.15) is 5.69 Å². The lowest BCUT2D eigenvalue weighted by atomic mass is 9.83. The van der Waals surface area contributed by atoms with Crippen LogP contribution in [-0.2, 0) is 9.31 Å². The van der Waals surface area contributed by atoms with Crippen LogP contribution >= 0.6 is 0 Å². The van der Waals surface area contributed by atoms with Gasteiger partial charge in [-0.05, 0) is 45.7 Å². The standard InChI is InChI=1S/C16H26BN3O2/c1-10(2)13(19-7)14-11(18)8-9-12(20-14)17-21-15(3,4)16(5,6)22-17/h8-10H,18H2,1-7H3. The minimum atomic E-state index is -0.491. The molecule has 1 saturated heterocycles. The molecule has 2 heterocycles. The van der Waals surface area contributed by atoms with Crippen LogP contribution in [0.15, 0.2) is 17.1 Å². The lowest BCUT2D eigenvalue weighted by molar-refractivity contribution is 0.00578. The van der Waals surface area contributed by atoms with E-state index in [4.69, 9.17) is 15.0 Å². The van der Waals surface area contributed by atoms with Gasteiger partial charge in [-0.15, -0.1) is 0 Å². The van der Waals surface area contributed by atoms with E-state index in [0.29, 0.717) is 11.4 Å². The van der Waals surface area contributed by atoms with E-state index >= 15 is 0 Å². The van der Waals surface area contributed by atoms with Gasteiger partial charge in [0, 0.05) is 7.05 Å². The number of anilines is 1. The first-order chi connectivity index (χ1) is 10.1. The van der Waals surface area contributed by atoms with Crippen molar-refractivity contribution in [3.05, 3.63) is 17.8 Å². The second kappa shape index (κ2) is 5.67. The molecule has 0 atom stereocenters. The Hall–Kier alpha value is -1.40. The minimum Gasteiger partial charge on any atom is -0.398 e. The van der Waals surface area contributed by atoms with Crippen LogP contribution in [0.2, 0.25) is 0 Å². The summed E-state index contributed by atoms with van der Waals surface area (Å²) in [7, 11) is 1.27. The fourth-order valence-corrected chi connectivity index (χ4v) is 2.42. The largest absolute Gasteiger partial charge is 0.514 e. The highest BCUT2D eigenvalue weighted by Crippen LogP contribution is 2.36.